The summed E-state index contributed by atoms with van der Waals surface area (Å²) in [5, 5.41) is 5.83. The molecule has 1 aliphatic carbocycles. The number of nitrogen functional groups attached to an aromatic ring is 1. The predicted octanol–water partition coefficient (Wildman–Crippen LogP) is 0.364. The lowest BCUT2D eigenvalue weighted by Gasteiger charge is -2.09. The van der Waals surface area contributed by atoms with Crippen LogP contribution in [0.1, 0.15) is 12.8 Å². The Kier molecular flexibility index (Phi) is 2.89. The van der Waals surface area contributed by atoms with E-state index < -0.39 is 11.2 Å². The van der Waals surface area contributed by atoms with Gasteiger partial charge in [-0.1, -0.05) is 0 Å². The zero-order valence-electron chi connectivity index (χ0n) is 11.2. The molecule has 0 bridgehead atoms. The number of thiazole rings is 1. The van der Waals surface area contributed by atoms with E-state index in [1.807, 2.05) is 0 Å². The quantitative estimate of drug-likeness (QED) is 0.852. The van der Waals surface area contributed by atoms with Gasteiger partial charge in [0, 0.05) is 25.5 Å². The smallest absolute Gasteiger partial charge is 0.332 e. The van der Waals surface area contributed by atoms with Crippen molar-refractivity contribution in [1.82, 2.24) is 14.1 Å². The SMILES string of the molecule is Cn1c(N)c(-c2csc(NC3CC3)n2)c(=O)n(C)c1=O. The van der Waals surface area contributed by atoms with Gasteiger partial charge in [0.2, 0.25) is 0 Å². The Balaban J connectivity index is 2.11. The third-order valence-corrected chi connectivity index (χ3v) is 4.15. The fourth-order valence-electron chi connectivity index (χ4n) is 1.96. The highest BCUT2D eigenvalue weighted by Crippen LogP contribution is 2.30. The number of rotatable bonds is 3. The summed E-state index contributed by atoms with van der Waals surface area (Å²) in [5.74, 6) is 0.140. The highest BCUT2D eigenvalue weighted by atomic mass is 32.1. The molecular weight excluding hydrogens is 278 g/mol. The summed E-state index contributed by atoms with van der Waals surface area (Å²) in [6, 6.07) is 0.495. The zero-order chi connectivity index (χ0) is 14.4. The van der Waals surface area contributed by atoms with Crippen LogP contribution in [0.2, 0.25) is 0 Å². The normalized spacial score (nSPS) is 14.5. The highest BCUT2D eigenvalue weighted by molar-refractivity contribution is 7.14. The van der Waals surface area contributed by atoms with Crippen LogP contribution in [0.4, 0.5) is 10.9 Å². The van der Waals surface area contributed by atoms with E-state index in [-0.39, 0.29) is 11.4 Å². The maximum atomic E-state index is 12.2. The average molecular weight is 293 g/mol. The molecular formula is C12H15N5O2S. The van der Waals surface area contributed by atoms with Crippen LogP contribution in [0, 0.1) is 0 Å². The van der Waals surface area contributed by atoms with Crippen LogP contribution < -0.4 is 22.3 Å². The molecule has 1 aliphatic rings. The van der Waals surface area contributed by atoms with Crippen LogP contribution in [0.5, 0.6) is 0 Å². The van der Waals surface area contributed by atoms with E-state index in [4.69, 9.17) is 5.73 Å². The molecule has 0 aliphatic heterocycles. The van der Waals surface area contributed by atoms with Gasteiger partial charge in [0.15, 0.2) is 5.13 Å². The van der Waals surface area contributed by atoms with Gasteiger partial charge in [-0.2, -0.15) is 0 Å². The molecule has 7 nitrogen and oxygen atoms in total. The van der Waals surface area contributed by atoms with Crippen LogP contribution >= 0.6 is 11.3 Å². The van der Waals surface area contributed by atoms with Crippen LogP contribution in [-0.4, -0.2) is 20.2 Å². The molecule has 0 spiro atoms. The second-order valence-electron chi connectivity index (χ2n) is 4.92. The molecule has 0 radical (unpaired) electrons. The third-order valence-electron chi connectivity index (χ3n) is 3.38. The predicted molar refractivity (Wildman–Crippen MR) is 79.1 cm³/mol. The molecule has 3 N–H and O–H groups in total. The molecule has 2 aromatic rings. The second kappa shape index (κ2) is 4.48. The number of hydrogen-bond acceptors (Lipinski definition) is 6. The van der Waals surface area contributed by atoms with Crippen molar-refractivity contribution in [2.24, 2.45) is 14.1 Å². The summed E-state index contributed by atoms with van der Waals surface area (Å²) >= 11 is 1.43. The van der Waals surface area contributed by atoms with Gasteiger partial charge in [-0.15, -0.1) is 11.3 Å². The third kappa shape index (κ3) is 2.01. The van der Waals surface area contributed by atoms with Crippen molar-refractivity contribution >= 4 is 22.3 Å². The molecule has 20 heavy (non-hydrogen) atoms. The molecule has 106 valence electrons. The number of anilines is 2. The van der Waals surface area contributed by atoms with Crippen molar-refractivity contribution in [1.29, 1.82) is 0 Å². The van der Waals surface area contributed by atoms with Crippen molar-refractivity contribution in [2.75, 3.05) is 11.1 Å². The average Bonchev–Trinajstić information content (AvgIpc) is 3.12. The van der Waals surface area contributed by atoms with E-state index in [9.17, 15) is 9.59 Å². The van der Waals surface area contributed by atoms with Gasteiger partial charge in [0.1, 0.15) is 11.4 Å². The Bertz CT molecular complexity index is 784. The van der Waals surface area contributed by atoms with Crippen molar-refractivity contribution in [2.45, 2.75) is 18.9 Å². The maximum absolute atomic E-state index is 12.2. The van der Waals surface area contributed by atoms with Crippen molar-refractivity contribution in [3.05, 3.63) is 26.2 Å². The monoisotopic (exact) mass is 293 g/mol. The molecule has 0 atom stereocenters. The summed E-state index contributed by atoms with van der Waals surface area (Å²) in [5.41, 5.74) is 5.82. The summed E-state index contributed by atoms with van der Waals surface area (Å²) in [6.45, 7) is 0. The molecule has 0 unspecified atom stereocenters. The van der Waals surface area contributed by atoms with E-state index in [0.29, 0.717) is 11.7 Å². The van der Waals surface area contributed by atoms with E-state index in [2.05, 4.69) is 10.3 Å². The van der Waals surface area contributed by atoms with Gasteiger partial charge < -0.3 is 11.1 Å². The van der Waals surface area contributed by atoms with Gasteiger partial charge in [-0.3, -0.25) is 13.9 Å². The van der Waals surface area contributed by atoms with Gasteiger partial charge >= 0.3 is 5.69 Å². The van der Waals surface area contributed by atoms with Crippen molar-refractivity contribution in [3.8, 4) is 11.3 Å². The number of nitrogens with zero attached hydrogens (tertiary/aromatic N) is 3. The van der Waals surface area contributed by atoms with Gasteiger partial charge in [0.05, 0.1) is 5.69 Å². The summed E-state index contributed by atoms with van der Waals surface area (Å²) in [4.78, 5) is 28.4. The zero-order valence-corrected chi connectivity index (χ0v) is 12.0. The largest absolute Gasteiger partial charge is 0.384 e. The highest BCUT2D eigenvalue weighted by Gasteiger charge is 2.23. The number of aromatic nitrogens is 3. The number of hydrogen-bond donors (Lipinski definition) is 2. The van der Waals surface area contributed by atoms with Gasteiger partial charge in [-0.25, -0.2) is 9.78 Å². The molecule has 8 heteroatoms. The minimum absolute atomic E-state index is 0.140. The van der Waals surface area contributed by atoms with E-state index in [0.717, 1.165) is 22.5 Å². The Morgan fingerprint density at radius 2 is 2.05 bits per heavy atom. The first kappa shape index (κ1) is 12.9. The summed E-state index contributed by atoms with van der Waals surface area (Å²) < 4.78 is 2.29. The van der Waals surface area contributed by atoms with E-state index in [1.165, 1.54) is 30.0 Å². The lowest BCUT2D eigenvalue weighted by Crippen LogP contribution is -2.39. The molecule has 0 amide bonds. The van der Waals surface area contributed by atoms with Gasteiger partial charge in [-0.05, 0) is 12.8 Å². The second-order valence-corrected chi connectivity index (χ2v) is 5.78. The number of nitrogens with two attached hydrogens (primary N) is 1. The van der Waals surface area contributed by atoms with E-state index in [1.54, 1.807) is 5.38 Å². The molecule has 2 aromatic heterocycles. The fourth-order valence-corrected chi connectivity index (χ4v) is 2.74. The first-order valence-corrected chi connectivity index (χ1v) is 7.15. The van der Waals surface area contributed by atoms with Crippen LogP contribution in [0.25, 0.3) is 11.3 Å². The molecule has 0 saturated heterocycles. The Morgan fingerprint density at radius 1 is 1.35 bits per heavy atom. The minimum Gasteiger partial charge on any atom is -0.384 e. The summed E-state index contributed by atoms with van der Waals surface area (Å²) in [7, 11) is 2.97. The first-order chi connectivity index (χ1) is 9.49. The number of nitrogens with one attached hydrogen (secondary N) is 1. The lowest BCUT2D eigenvalue weighted by atomic mass is 10.2. The Hall–Kier alpha value is -2.09. The molecule has 3 rings (SSSR count). The van der Waals surface area contributed by atoms with Crippen LogP contribution in [-0.2, 0) is 14.1 Å². The summed E-state index contributed by atoms with van der Waals surface area (Å²) in [6.07, 6.45) is 2.30. The molecule has 2 heterocycles. The van der Waals surface area contributed by atoms with Gasteiger partial charge in [0.25, 0.3) is 5.56 Å². The Labute approximate surface area is 118 Å². The van der Waals surface area contributed by atoms with Crippen LogP contribution in [0.3, 0.4) is 0 Å². The molecule has 1 fully saturated rings. The topological polar surface area (TPSA) is 94.9 Å². The lowest BCUT2D eigenvalue weighted by molar-refractivity contribution is 0.696. The maximum Gasteiger partial charge on any atom is 0.332 e. The molecule has 1 saturated carbocycles. The van der Waals surface area contributed by atoms with Crippen molar-refractivity contribution < 1.29 is 0 Å². The van der Waals surface area contributed by atoms with Crippen LogP contribution in [0.15, 0.2) is 15.0 Å². The fraction of sp³-hybridized carbons (Fsp3) is 0.417. The standard InChI is InChI=1S/C12H15N5O2S/c1-16-9(13)8(10(18)17(2)12(16)19)7-5-20-11(15-7)14-6-3-4-6/h5-6H,3-4,13H2,1-2H3,(H,14,15). The van der Waals surface area contributed by atoms with E-state index >= 15 is 0 Å². The first-order valence-electron chi connectivity index (χ1n) is 6.27. The van der Waals surface area contributed by atoms with Crippen molar-refractivity contribution in [3.63, 3.8) is 0 Å². The Morgan fingerprint density at radius 3 is 2.70 bits per heavy atom. The molecule has 0 aromatic carbocycles. The minimum atomic E-state index is -0.442.